The summed E-state index contributed by atoms with van der Waals surface area (Å²) in [5.41, 5.74) is 2.21. The number of benzene rings is 1. The lowest BCUT2D eigenvalue weighted by Crippen LogP contribution is -2.23. The van der Waals surface area contributed by atoms with Crippen LogP contribution in [0.5, 0.6) is 0 Å². The number of rotatable bonds is 6. The van der Waals surface area contributed by atoms with E-state index in [1.807, 2.05) is 32.0 Å². The molecule has 108 valence electrons. The first-order chi connectivity index (χ1) is 8.68. The Labute approximate surface area is 116 Å². The lowest BCUT2D eigenvalue weighted by atomic mass is 9.89. The number of hydrogen-bond donors (Lipinski definition) is 1. The monoisotopic (exact) mass is 284 g/mol. The topological polar surface area (TPSA) is 54.4 Å². The summed E-state index contributed by atoms with van der Waals surface area (Å²) >= 11 is 0. The highest BCUT2D eigenvalue weighted by Crippen LogP contribution is 2.27. The van der Waals surface area contributed by atoms with Crippen LogP contribution in [0, 0.1) is 13.8 Å². The third kappa shape index (κ3) is 4.62. The molecule has 1 unspecified atom stereocenters. The molecule has 0 radical (unpaired) electrons. The molecule has 0 heterocycles. The summed E-state index contributed by atoms with van der Waals surface area (Å²) in [5.74, 6) is 0.309. The molecule has 1 rings (SSSR count). The van der Waals surface area contributed by atoms with Crippen molar-refractivity contribution in [3.8, 4) is 0 Å². The van der Waals surface area contributed by atoms with Crippen molar-refractivity contribution >= 4 is 9.84 Å². The Morgan fingerprint density at radius 3 is 2.37 bits per heavy atom. The summed E-state index contributed by atoms with van der Waals surface area (Å²) in [4.78, 5) is 0. The third-order valence-electron chi connectivity index (χ3n) is 3.69. The van der Waals surface area contributed by atoms with E-state index in [1.165, 1.54) is 5.56 Å². The average Bonchev–Trinajstić information content (AvgIpc) is 2.32. The van der Waals surface area contributed by atoms with Crippen molar-refractivity contribution in [3.05, 3.63) is 34.9 Å². The van der Waals surface area contributed by atoms with Gasteiger partial charge >= 0.3 is 0 Å². The van der Waals surface area contributed by atoms with E-state index in [9.17, 15) is 13.5 Å². The molecule has 0 aliphatic rings. The minimum atomic E-state index is -2.95. The molecule has 4 heteroatoms. The van der Waals surface area contributed by atoms with E-state index < -0.39 is 15.4 Å². The molecule has 0 aliphatic carbocycles. The van der Waals surface area contributed by atoms with E-state index >= 15 is 0 Å². The minimum Gasteiger partial charge on any atom is -0.385 e. The van der Waals surface area contributed by atoms with Crippen LogP contribution in [0.2, 0.25) is 0 Å². The van der Waals surface area contributed by atoms with Gasteiger partial charge in [0.05, 0.1) is 11.4 Å². The number of sulfone groups is 1. The molecule has 1 aromatic rings. The normalized spacial score (nSPS) is 15.2. The van der Waals surface area contributed by atoms with Gasteiger partial charge in [0.25, 0.3) is 0 Å². The summed E-state index contributed by atoms with van der Waals surface area (Å²) in [6.07, 6.45) is 0.935. The van der Waals surface area contributed by atoms with Crippen molar-refractivity contribution in [2.45, 2.75) is 46.1 Å². The standard InChI is InChI=1S/C15H24O3S/c1-5-19(17,18)10-6-9-15(4,16)14-8-7-12(2)13(3)11-14/h7-8,11,16H,5-6,9-10H2,1-4H3. The van der Waals surface area contributed by atoms with E-state index in [2.05, 4.69) is 0 Å². The Morgan fingerprint density at radius 2 is 1.84 bits per heavy atom. The van der Waals surface area contributed by atoms with Crippen LogP contribution in [0.15, 0.2) is 18.2 Å². The molecular weight excluding hydrogens is 260 g/mol. The Hall–Kier alpha value is -0.870. The smallest absolute Gasteiger partial charge is 0.150 e. The Morgan fingerprint density at radius 1 is 1.21 bits per heavy atom. The molecule has 0 aliphatic heterocycles. The Balaban J connectivity index is 2.73. The second-order valence-corrected chi connectivity index (χ2v) is 7.89. The zero-order valence-electron chi connectivity index (χ0n) is 12.2. The highest BCUT2D eigenvalue weighted by Gasteiger charge is 2.23. The maximum atomic E-state index is 11.4. The van der Waals surface area contributed by atoms with E-state index in [0.29, 0.717) is 12.8 Å². The van der Waals surface area contributed by atoms with Gasteiger partial charge in [-0.15, -0.1) is 0 Å². The first-order valence-electron chi connectivity index (χ1n) is 6.68. The lowest BCUT2D eigenvalue weighted by Gasteiger charge is -2.24. The molecule has 0 saturated heterocycles. The minimum absolute atomic E-state index is 0.143. The van der Waals surface area contributed by atoms with Gasteiger partial charge < -0.3 is 5.11 Å². The predicted octanol–water partition coefficient (Wildman–Crippen LogP) is 2.73. The number of aryl methyl sites for hydroxylation is 2. The fraction of sp³-hybridized carbons (Fsp3) is 0.600. The fourth-order valence-electron chi connectivity index (χ4n) is 2.00. The van der Waals surface area contributed by atoms with Gasteiger partial charge in [0, 0.05) is 5.75 Å². The van der Waals surface area contributed by atoms with Crippen LogP contribution >= 0.6 is 0 Å². The van der Waals surface area contributed by atoms with Crippen molar-refractivity contribution in [2.24, 2.45) is 0 Å². The predicted molar refractivity (Wildman–Crippen MR) is 79.0 cm³/mol. The van der Waals surface area contributed by atoms with Crippen molar-refractivity contribution in [1.29, 1.82) is 0 Å². The molecular formula is C15H24O3S. The SMILES string of the molecule is CCS(=O)(=O)CCCC(C)(O)c1ccc(C)c(C)c1. The first kappa shape index (κ1) is 16.2. The van der Waals surface area contributed by atoms with Crippen LogP contribution in [0.4, 0.5) is 0 Å². The molecule has 3 nitrogen and oxygen atoms in total. The van der Waals surface area contributed by atoms with E-state index in [1.54, 1.807) is 13.8 Å². The van der Waals surface area contributed by atoms with Crippen LogP contribution in [-0.4, -0.2) is 25.0 Å². The van der Waals surface area contributed by atoms with Gasteiger partial charge in [-0.05, 0) is 50.3 Å². The van der Waals surface area contributed by atoms with Crippen LogP contribution in [0.1, 0.15) is 43.4 Å². The van der Waals surface area contributed by atoms with Gasteiger partial charge in [0.15, 0.2) is 0 Å². The van der Waals surface area contributed by atoms with Crippen molar-refractivity contribution < 1.29 is 13.5 Å². The Kier molecular flexibility index (Phi) is 5.16. The average molecular weight is 284 g/mol. The molecule has 1 N–H and O–H groups in total. The van der Waals surface area contributed by atoms with E-state index in [-0.39, 0.29) is 11.5 Å². The third-order valence-corrected chi connectivity index (χ3v) is 5.48. The molecule has 19 heavy (non-hydrogen) atoms. The van der Waals surface area contributed by atoms with Crippen LogP contribution < -0.4 is 0 Å². The van der Waals surface area contributed by atoms with Crippen molar-refractivity contribution in [1.82, 2.24) is 0 Å². The summed E-state index contributed by atoms with van der Waals surface area (Å²) in [6.45, 7) is 7.44. The van der Waals surface area contributed by atoms with Crippen molar-refractivity contribution in [2.75, 3.05) is 11.5 Å². The molecule has 0 saturated carbocycles. The lowest BCUT2D eigenvalue weighted by molar-refractivity contribution is 0.0471. The molecule has 0 spiro atoms. The van der Waals surface area contributed by atoms with Gasteiger partial charge in [-0.1, -0.05) is 25.1 Å². The Bertz CT molecular complexity index is 530. The number of hydrogen-bond acceptors (Lipinski definition) is 3. The maximum Gasteiger partial charge on any atom is 0.150 e. The van der Waals surface area contributed by atoms with E-state index in [0.717, 1.165) is 11.1 Å². The molecule has 1 atom stereocenters. The maximum absolute atomic E-state index is 11.4. The van der Waals surface area contributed by atoms with E-state index in [4.69, 9.17) is 0 Å². The zero-order valence-corrected chi connectivity index (χ0v) is 13.0. The summed E-state index contributed by atoms with van der Waals surface area (Å²) in [6, 6.07) is 5.88. The highest BCUT2D eigenvalue weighted by molar-refractivity contribution is 7.91. The second kappa shape index (κ2) is 6.06. The van der Waals surface area contributed by atoms with Gasteiger partial charge in [-0.2, -0.15) is 0 Å². The van der Waals surface area contributed by atoms with Crippen LogP contribution in [0.3, 0.4) is 0 Å². The molecule has 0 aromatic heterocycles. The highest BCUT2D eigenvalue weighted by atomic mass is 32.2. The summed E-state index contributed by atoms with van der Waals surface area (Å²) in [5, 5.41) is 10.5. The summed E-state index contributed by atoms with van der Waals surface area (Å²) < 4.78 is 22.9. The summed E-state index contributed by atoms with van der Waals surface area (Å²) in [7, 11) is -2.95. The molecule has 0 bridgehead atoms. The van der Waals surface area contributed by atoms with Gasteiger partial charge in [0.2, 0.25) is 0 Å². The molecule has 1 aromatic carbocycles. The zero-order chi connectivity index (χ0) is 14.7. The largest absolute Gasteiger partial charge is 0.385 e. The van der Waals surface area contributed by atoms with Gasteiger partial charge in [-0.25, -0.2) is 8.42 Å². The van der Waals surface area contributed by atoms with Gasteiger partial charge in [0.1, 0.15) is 9.84 Å². The van der Waals surface area contributed by atoms with Crippen molar-refractivity contribution in [3.63, 3.8) is 0 Å². The molecule has 0 fully saturated rings. The molecule has 0 amide bonds. The quantitative estimate of drug-likeness (QED) is 0.874. The fourth-order valence-corrected chi connectivity index (χ4v) is 2.87. The van der Waals surface area contributed by atoms with Gasteiger partial charge in [-0.3, -0.25) is 0 Å². The second-order valence-electron chi connectivity index (χ2n) is 5.41. The van der Waals surface area contributed by atoms with Crippen LogP contribution in [-0.2, 0) is 15.4 Å². The first-order valence-corrected chi connectivity index (χ1v) is 8.50. The number of aliphatic hydroxyl groups is 1. The van der Waals surface area contributed by atoms with Crippen LogP contribution in [0.25, 0.3) is 0 Å².